The molecule has 274 valence electrons. The second kappa shape index (κ2) is 13.6. The summed E-state index contributed by atoms with van der Waals surface area (Å²) in [4.78, 5) is 2.21. The molecular weight excluding hydrogens is 708 g/mol. The smallest absolute Gasteiger partial charge is 0.123 e. The summed E-state index contributed by atoms with van der Waals surface area (Å²) in [6.45, 7) is 0. The first kappa shape index (κ1) is 33.8. The Morgan fingerprint density at radius 3 is 1.62 bits per heavy atom. The zero-order chi connectivity index (χ0) is 38.6. The first-order valence-electron chi connectivity index (χ1n) is 19.8. The number of rotatable bonds is 7. The van der Waals surface area contributed by atoms with E-state index in [1.54, 1.807) is 0 Å². The average Bonchev–Trinajstić information content (AvgIpc) is 3.78. The van der Waals surface area contributed by atoms with E-state index >= 15 is 0 Å². The van der Waals surface area contributed by atoms with Crippen molar-refractivity contribution in [2.75, 3.05) is 4.90 Å². The van der Waals surface area contributed by atoms with Crippen molar-refractivity contribution in [1.82, 2.24) is 4.57 Å². The Bertz CT molecular complexity index is 3060. The Labute approximate surface area is 337 Å². The molecule has 2 nitrogen and oxygen atoms in total. The van der Waals surface area contributed by atoms with Gasteiger partial charge in [-0.25, -0.2) is 4.39 Å². The third-order valence-corrected chi connectivity index (χ3v) is 11.9. The van der Waals surface area contributed by atoms with Crippen LogP contribution in [0.5, 0.6) is 0 Å². The summed E-state index contributed by atoms with van der Waals surface area (Å²) >= 11 is 0. The van der Waals surface area contributed by atoms with Crippen LogP contribution in [-0.4, -0.2) is 4.57 Å². The predicted octanol–water partition coefficient (Wildman–Crippen LogP) is 14.4. The molecule has 0 aliphatic heterocycles. The molecule has 0 saturated heterocycles. The molecule has 0 radical (unpaired) electrons. The second-order valence-electron chi connectivity index (χ2n) is 15.0. The monoisotopic (exact) mass is 744 g/mol. The summed E-state index contributed by atoms with van der Waals surface area (Å²) in [5.41, 5.74) is 15.7. The minimum atomic E-state index is -0.466. The maximum absolute atomic E-state index is 14.4. The average molecular weight is 745 g/mol. The van der Waals surface area contributed by atoms with Gasteiger partial charge in [-0.2, -0.15) is 0 Å². The lowest BCUT2D eigenvalue weighted by Crippen LogP contribution is -2.28. The van der Waals surface area contributed by atoms with E-state index in [0.29, 0.717) is 0 Å². The summed E-state index contributed by atoms with van der Waals surface area (Å²) in [5.74, 6) is -0.263. The van der Waals surface area contributed by atoms with Gasteiger partial charge in [-0.1, -0.05) is 146 Å². The van der Waals surface area contributed by atoms with Gasteiger partial charge in [-0.3, -0.25) is 0 Å². The van der Waals surface area contributed by atoms with Gasteiger partial charge in [0, 0.05) is 33.5 Å². The molecule has 0 atom stereocenters. The summed E-state index contributed by atoms with van der Waals surface area (Å²) in [7, 11) is 0. The van der Waals surface area contributed by atoms with Crippen molar-refractivity contribution >= 4 is 38.9 Å². The van der Waals surface area contributed by atoms with Crippen LogP contribution in [0.3, 0.4) is 0 Å². The van der Waals surface area contributed by atoms with Gasteiger partial charge >= 0.3 is 0 Å². The zero-order valence-electron chi connectivity index (χ0n) is 31.6. The Morgan fingerprint density at radius 1 is 0.379 bits per heavy atom. The fourth-order valence-corrected chi connectivity index (χ4v) is 9.42. The van der Waals surface area contributed by atoms with Gasteiger partial charge in [0.2, 0.25) is 0 Å². The molecule has 9 aromatic carbocycles. The number of fused-ring (bicyclic) bond motifs is 6. The molecule has 0 spiro atoms. The molecule has 1 aromatic heterocycles. The van der Waals surface area contributed by atoms with E-state index in [2.05, 4.69) is 204 Å². The molecule has 0 unspecified atom stereocenters. The molecule has 1 heterocycles. The van der Waals surface area contributed by atoms with Gasteiger partial charge in [0.05, 0.1) is 16.4 Å². The first-order chi connectivity index (χ1) is 28.7. The van der Waals surface area contributed by atoms with Crippen molar-refractivity contribution in [3.05, 3.63) is 253 Å². The van der Waals surface area contributed by atoms with E-state index in [9.17, 15) is 4.39 Å². The normalized spacial score (nSPS) is 12.7. The highest BCUT2D eigenvalue weighted by molar-refractivity contribution is 6.10. The molecule has 1 aliphatic rings. The van der Waals surface area contributed by atoms with Gasteiger partial charge in [-0.05, 0) is 123 Å². The first-order valence-corrected chi connectivity index (χ1v) is 19.8. The van der Waals surface area contributed by atoms with Crippen LogP contribution in [0.15, 0.2) is 224 Å². The molecule has 0 N–H and O–H groups in total. The molecule has 1 aliphatic carbocycles. The summed E-state index contributed by atoms with van der Waals surface area (Å²) in [5, 5.41) is 2.33. The molecular formula is C55H37FN2. The molecule has 11 rings (SSSR count). The predicted molar refractivity (Wildman–Crippen MR) is 238 cm³/mol. The van der Waals surface area contributed by atoms with Crippen LogP contribution in [0.25, 0.3) is 49.7 Å². The Balaban J connectivity index is 1.05. The lowest BCUT2D eigenvalue weighted by Gasteiger charge is -2.34. The highest BCUT2D eigenvalue weighted by atomic mass is 19.1. The number of hydrogen-bond donors (Lipinski definition) is 0. The van der Waals surface area contributed by atoms with Crippen LogP contribution < -0.4 is 4.90 Å². The molecule has 0 bridgehead atoms. The van der Waals surface area contributed by atoms with Crippen molar-refractivity contribution in [3.8, 4) is 27.9 Å². The standard InChI is InChI=1S/C55H37FN2/c56-42-27-31-45(32-28-42)57(46-33-35-54-50(37-46)49-21-11-13-23-53(49)58(54)43-18-8-3-9-19-43)44-29-24-38(25-30-44)39-26-34-48-47-20-10-12-22-51(47)55(52(48)36-39,40-14-4-1-5-15-40)41-16-6-2-7-17-41/h1-37H. The number of aromatic nitrogens is 1. The van der Waals surface area contributed by atoms with Gasteiger partial charge < -0.3 is 9.47 Å². The van der Waals surface area contributed by atoms with E-state index in [-0.39, 0.29) is 5.82 Å². The number of hydrogen-bond acceptors (Lipinski definition) is 1. The molecule has 3 heteroatoms. The Kier molecular flexibility index (Phi) is 7.94. The van der Waals surface area contributed by atoms with Crippen LogP contribution in [0.1, 0.15) is 22.3 Å². The Hall–Kier alpha value is -7.49. The quantitative estimate of drug-likeness (QED) is 0.158. The summed E-state index contributed by atoms with van der Waals surface area (Å²) in [6.07, 6.45) is 0. The van der Waals surface area contributed by atoms with Crippen LogP contribution in [0.4, 0.5) is 21.5 Å². The fourth-order valence-electron chi connectivity index (χ4n) is 9.42. The summed E-state index contributed by atoms with van der Waals surface area (Å²) in [6, 6.07) is 78.9. The van der Waals surface area contributed by atoms with E-state index < -0.39 is 5.41 Å². The van der Waals surface area contributed by atoms with Crippen molar-refractivity contribution < 1.29 is 4.39 Å². The van der Waals surface area contributed by atoms with Crippen molar-refractivity contribution in [2.45, 2.75) is 5.41 Å². The maximum atomic E-state index is 14.4. The van der Waals surface area contributed by atoms with E-state index in [1.807, 2.05) is 18.2 Å². The van der Waals surface area contributed by atoms with Crippen LogP contribution in [0, 0.1) is 5.82 Å². The maximum Gasteiger partial charge on any atom is 0.123 e. The molecule has 10 aromatic rings. The van der Waals surface area contributed by atoms with Gasteiger partial charge in [-0.15, -0.1) is 0 Å². The van der Waals surface area contributed by atoms with Gasteiger partial charge in [0.15, 0.2) is 0 Å². The molecule has 0 fully saturated rings. The molecule has 0 amide bonds. The number of anilines is 3. The lowest BCUT2D eigenvalue weighted by atomic mass is 9.67. The number of halogens is 1. The number of para-hydroxylation sites is 2. The largest absolute Gasteiger partial charge is 0.310 e. The minimum absolute atomic E-state index is 0.263. The van der Waals surface area contributed by atoms with Crippen LogP contribution in [-0.2, 0) is 5.41 Å². The third kappa shape index (κ3) is 5.24. The van der Waals surface area contributed by atoms with Crippen LogP contribution in [0.2, 0.25) is 0 Å². The minimum Gasteiger partial charge on any atom is -0.310 e. The van der Waals surface area contributed by atoms with Gasteiger partial charge in [0.25, 0.3) is 0 Å². The fraction of sp³-hybridized carbons (Fsp3) is 0.0182. The lowest BCUT2D eigenvalue weighted by molar-refractivity contribution is 0.628. The van der Waals surface area contributed by atoms with Crippen molar-refractivity contribution in [3.63, 3.8) is 0 Å². The third-order valence-electron chi connectivity index (χ3n) is 11.9. The number of nitrogens with zero attached hydrogens (tertiary/aromatic N) is 2. The second-order valence-corrected chi connectivity index (χ2v) is 15.0. The number of benzene rings is 9. The van der Waals surface area contributed by atoms with E-state index in [0.717, 1.165) is 50.3 Å². The zero-order valence-corrected chi connectivity index (χ0v) is 31.6. The molecule has 58 heavy (non-hydrogen) atoms. The van der Waals surface area contributed by atoms with Crippen molar-refractivity contribution in [2.24, 2.45) is 0 Å². The van der Waals surface area contributed by atoms with Crippen molar-refractivity contribution in [1.29, 1.82) is 0 Å². The Morgan fingerprint density at radius 2 is 0.914 bits per heavy atom. The topological polar surface area (TPSA) is 8.17 Å². The van der Waals surface area contributed by atoms with Crippen LogP contribution >= 0.6 is 0 Å². The van der Waals surface area contributed by atoms with Gasteiger partial charge in [0.1, 0.15) is 5.82 Å². The molecule has 0 saturated carbocycles. The van der Waals surface area contributed by atoms with E-state index in [4.69, 9.17) is 0 Å². The SMILES string of the molecule is Fc1ccc(N(c2ccc(-c3ccc4c(c3)C(c3ccccc3)(c3ccccc3)c3ccccc3-4)cc2)c2ccc3c(c2)c2ccccc2n3-c2ccccc2)cc1. The van der Waals surface area contributed by atoms with E-state index in [1.165, 1.54) is 50.9 Å². The summed E-state index contributed by atoms with van der Waals surface area (Å²) < 4.78 is 16.7. The highest BCUT2D eigenvalue weighted by Gasteiger charge is 2.46. The highest BCUT2D eigenvalue weighted by Crippen LogP contribution is 2.56.